The van der Waals surface area contributed by atoms with Gasteiger partial charge in [0.15, 0.2) is 0 Å². The lowest BCUT2D eigenvalue weighted by Crippen LogP contribution is -2.53. The average Bonchev–Trinajstić information content (AvgIpc) is 3.05. The molecule has 11 heteroatoms. The van der Waals surface area contributed by atoms with E-state index in [0.29, 0.717) is 24.3 Å². The standard InChI is InChI=1S/C34H35F2N3O5S/c1-3-21-37-34(41)32(22-25-7-5-4-6-8-25)38(23-26-9-11-27(35)12-10-26)33(40)24-39(29-15-13-28(36)14-16-29)45(42,43)31-19-17-30(44-2)18-20-31/h4-20,32H,3,21-24H2,1-2H3,(H,37,41)/t32-/m0/s1. The number of sulfonamides is 1. The van der Waals surface area contributed by atoms with Crippen molar-refractivity contribution in [2.24, 2.45) is 0 Å². The molecule has 236 valence electrons. The summed E-state index contributed by atoms with van der Waals surface area (Å²) in [5, 5.41) is 2.86. The van der Waals surface area contributed by atoms with Crippen molar-refractivity contribution in [1.29, 1.82) is 0 Å². The predicted molar refractivity (Wildman–Crippen MR) is 168 cm³/mol. The third-order valence-corrected chi connectivity index (χ3v) is 8.92. The highest BCUT2D eigenvalue weighted by Crippen LogP contribution is 2.26. The fraction of sp³-hybridized carbons (Fsp3) is 0.235. The number of nitrogens with zero attached hydrogens (tertiary/aromatic N) is 2. The zero-order chi connectivity index (χ0) is 32.4. The summed E-state index contributed by atoms with van der Waals surface area (Å²) >= 11 is 0. The van der Waals surface area contributed by atoms with Crippen molar-refractivity contribution in [1.82, 2.24) is 10.2 Å². The van der Waals surface area contributed by atoms with Crippen LogP contribution in [0, 0.1) is 11.6 Å². The first-order valence-corrected chi connectivity index (χ1v) is 15.8. The molecule has 0 aliphatic rings. The maximum Gasteiger partial charge on any atom is 0.264 e. The maximum absolute atomic E-state index is 14.3. The third-order valence-electron chi connectivity index (χ3n) is 7.13. The van der Waals surface area contributed by atoms with E-state index in [1.165, 1.54) is 72.7 Å². The highest BCUT2D eigenvalue weighted by atomic mass is 32.2. The van der Waals surface area contributed by atoms with Gasteiger partial charge in [0.2, 0.25) is 11.8 Å². The summed E-state index contributed by atoms with van der Waals surface area (Å²) in [6, 6.07) is 24.0. The van der Waals surface area contributed by atoms with Gasteiger partial charge >= 0.3 is 0 Å². The van der Waals surface area contributed by atoms with Gasteiger partial charge in [-0.25, -0.2) is 17.2 Å². The molecule has 45 heavy (non-hydrogen) atoms. The van der Waals surface area contributed by atoms with Crippen molar-refractivity contribution in [2.75, 3.05) is 24.5 Å². The van der Waals surface area contributed by atoms with Gasteiger partial charge in [-0.2, -0.15) is 0 Å². The van der Waals surface area contributed by atoms with Gasteiger partial charge in [0.05, 0.1) is 17.7 Å². The molecule has 0 radical (unpaired) electrons. The predicted octanol–water partition coefficient (Wildman–Crippen LogP) is 5.34. The molecule has 2 amide bonds. The summed E-state index contributed by atoms with van der Waals surface area (Å²) in [5.41, 5.74) is 1.38. The highest BCUT2D eigenvalue weighted by Gasteiger charge is 2.34. The minimum Gasteiger partial charge on any atom is -0.497 e. The molecule has 0 saturated carbocycles. The maximum atomic E-state index is 14.3. The minimum absolute atomic E-state index is 0.0531. The number of hydrogen-bond donors (Lipinski definition) is 1. The fourth-order valence-electron chi connectivity index (χ4n) is 4.72. The van der Waals surface area contributed by atoms with Gasteiger partial charge in [0, 0.05) is 19.5 Å². The van der Waals surface area contributed by atoms with Crippen molar-refractivity contribution >= 4 is 27.5 Å². The second-order valence-corrected chi connectivity index (χ2v) is 12.2. The second-order valence-electron chi connectivity index (χ2n) is 10.3. The van der Waals surface area contributed by atoms with Gasteiger partial charge in [-0.15, -0.1) is 0 Å². The monoisotopic (exact) mass is 635 g/mol. The molecule has 4 aromatic carbocycles. The summed E-state index contributed by atoms with van der Waals surface area (Å²) in [5.74, 6) is -1.71. The smallest absolute Gasteiger partial charge is 0.264 e. The van der Waals surface area contributed by atoms with E-state index in [1.807, 2.05) is 37.3 Å². The molecule has 8 nitrogen and oxygen atoms in total. The molecule has 0 heterocycles. The summed E-state index contributed by atoms with van der Waals surface area (Å²) < 4.78 is 61.7. The van der Waals surface area contributed by atoms with Crippen LogP contribution in [0.25, 0.3) is 0 Å². The Morgan fingerprint density at radius 2 is 1.42 bits per heavy atom. The SMILES string of the molecule is CCCNC(=O)[C@H](Cc1ccccc1)N(Cc1ccc(F)cc1)C(=O)CN(c1ccc(F)cc1)S(=O)(=O)c1ccc(OC)cc1. The quantitative estimate of drug-likeness (QED) is 0.202. The number of rotatable bonds is 14. The number of methoxy groups -OCH3 is 1. The molecule has 0 aromatic heterocycles. The lowest BCUT2D eigenvalue weighted by atomic mass is 10.0. The molecular weight excluding hydrogens is 600 g/mol. The molecule has 0 unspecified atom stereocenters. The molecule has 0 fully saturated rings. The molecule has 0 aliphatic heterocycles. The van der Waals surface area contributed by atoms with Gasteiger partial charge in [-0.05, 0) is 78.2 Å². The first-order valence-electron chi connectivity index (χ1n) is 14.4. The lowest BCUT2D eigenvalue weighted by molar-refractivity contribution is -0.140. The number of anilines is 1. The average molecular weight is 636 g/mol. The van der Waals surface area contributed by atoms with Crippen molar-refractivity contribution in [2.45, 2.75) is 37.2 Å². The van der Waals surface area contributed by atoms with Crippen LogP contribution in [0.4, 0.5) is 14.5 Å². The number of ether oxygens (including phenoxy) is 1. The van der Waals surface area contributed by atoms with Crippen LogP contribution in [0.3, 0.4) is 0 Å². The van der Waals surface area contributed by atoms with E-state index in [-0.39, 0.29) is 23.5 Å². The number of benzene rings is 4. The van der Waals surface area contributed by atoms with E-state index in [0.717, 1.165) is 22.0 Å². The Morgan fingerprint density at radius 3 is 2.00 bits per heavy atom. The first-order chi connectivity index (χ1) is 21.6. The number of carbonyl (C=O) groups is 2. The van der Waals surface area contributed by atoms with Gasteiger partial charge in [0.1, 0.15) is 30.0 Å². The van der Waals surface area contributed by atoms with Gasteiger partial charge in [0.25, 0.3) is 10.0 Å². The summed E-state index contributed by atoms with van der Waals surface area (Å²) in [7, 11) is -2.91. The summed E-state index contributed by atoms with van der Waals surface area (Å²) in [4.78, 5) is 29.1. The minimum atomic E-state index is -4.36. The van der Waals surface area contributed by atoms with Crippen LogP contribution in [0.5, 0.6) is 5.75 Å². The zero-order valence-corrected chi connectivity index (χ0v) is 25.8. The van der Waals surface area contributed by atoms with Gasteiger partial charge in [-0.3, -0.25) is 13.9 Å². The van der Waals surface area contributed by atoms with Crippen LogP contribution in [0.1, 0.15) is 24.5 Å². The molecule has 0 saturated heterocycles. The number of carbonyl (C=O) groups excluding carboxylic acids is 2. The molecule has 4 rings (SSSR count). The molecule has 0 bridgehead atoms. The van der Waals surface area contributed by atoms with Crippen LogP contribution in [-0.2, 0) is 32.6 Å². The lowest BCUT2D eigenvalue weighted by Gasteiger charge is -2.34. The van der Waals surface area contributed by atoms with E-state index in [4.69, 9.17) is 4.74 Å². The number of halogens is 2. The van der Waals surface area contributed by atoms with Gasteiger partial charge < -0.3 is 15.0 Å². The largest absolute Gasteiger partial charge is 0.497 e. The molecule has 0 spiro atoms. The Morgan fingerprint density at radius 1 is 0.822 bits per heavy atom. The Bertz CT molecular complexity index is 1670. The first kappa shape index (κ1) is 33.1. The topological polar surface area (TPSA) is 96.0 Å². The summed E-state index contributed by atoms with van der Waals surface area (Å²) in [6.45, 7) is 1.47. The molecule has 1 N–H and O–H groups in total. The third kappa shape index (κ3) is 8.66. The van der Waals surface area contributed by atoms with Crippen LogP contribution in [0.2, 0.25) is 0 Å². The molecular formula is C34H35F2N3O5S. The van der Waals surface area contributed by atoms with Crippen LogP contribution >= 0.6 is 0 Å². The van der Waals surface area contributed by atoms with Crippen LogP contribution < -0.4 is 14.4 Å². The van der Waals surface area contributed by atoms with Crippen molar-refractivity contribution in [3.8, 4) is 5.75 Å². The Kier molecular flexibility index (Phi) is 11.3. The van der Waals surface area contributed by atoms with E-state index < -0.39 is 46.1 Å². The number of amides is 2. The fourth-order valence-corrected chi connectivity index (χ4v) is 6.13. The van der Waals surface area contributed by atoms with E-state index in [1.54, 1.807) is 0 Å². The Balaban J connectivity index is 1.78. The molecule has 4 aromatic rings. The Hall–Kier alpha value is -4.77. The van der Waals surface area contributed by atoms with Crippen LogP contribution in [0.15, 0.2) is 108 Å². The molecule has 1 atom stereocenters. The Labute approximate surface area is 262 Å². The van der Waals surface area contributed by atoms with E-state index >= 15 is 0 Å². The zero-order valence-electron chi connectivity index (χ0n) is 25.0. The van der Waals surface area contributed by atoms with Crippen molar-refractivity contribution < 1.29 is 31.5 Å². The normalized spacial score (nSPS) is 11.8. The summed E-state index contributed by atoms with van der Waals surface area (Å²) in [6.07, 6.45) is 0.805. The van der Waals surface area contributed by atoms with Crippen molar-refractivity contribution in [3.63, 3.8) is 0 Å². The molecule has 0 aliphatic carbocycles. The van der Waals surface area contributed by atoms with Crippen molar-refractivity contribution in [3.05, 3.63) is 126 Å². The number of nitrogens with one attached hydrogen (secondary N) is 1. The highest BCUT2D eigenvalue weighted by molar-refractivity contribution is 7.92. The van der Waals surface area contributed by atoms with Crippen LogP contribution in [-0.4, -0.2) is 51.4 Å². The van der Waals surface area contributed by atoms with Gasteiger partial charge in [-0.1, -0.05) is 49.4 Å². The van der Waals surface area contributed by atoms with E-state index in [2.05, 4.69) is 5.32 Å². The van der Waals surface area contributed by atoms with E-state index in [9.17, 15) is 26.8 Å². The number of hydrogen-bond acceptors (Lipinski definition) is 5. The second kappa shape index (κ2) is 15.3.